The van der Waals surface area contributed by atoms with Crippen molar-refractivity contribution in [3.8, 4) is 5.75 Å². The third-order valence-electron chi connectivity index (χ3n) is 4.42. The molecular weight excluding hydrogens is 316 g/mol. The first-order chi connectivity index (χ1) is 12.1. The Kier molecular flexibility index (Phi) is 5.14. The molecular formula is C20H22N2O3. The maximum atomic E-state index is 12.6. The molecule has 0 spiro atoms. The van der Waals surface area contributed by atoms with Crippen molar-refractivity contribution < 1.29 is 14.3 Å². The standard InChI is InChI=1S/C20H22N2O3/c1-14-7-9-16(10-8-14)22-19(23)13-17(20(22)24)21-12-11-15-5-3-4-6-18(15)25-2/h3-10,17,21H,11-13H2,1-2H3/t17-/m1/s1. The number of hydrogen-bond donors (Lipinski definition) is 1. The van der Waals surface area contributed by atoms with E-state index in [1.54, 1.807) is 7.11 Å². The molecule has 2 aromatic rings. The number of carbonyl (C=O) groups excluding carboxylic acids is 2. The summed E-state index contributed by atoms with van der Waals surface area (Å²) in [6.45, 7) is 2.57. The molecule has 25 heavy (non-hydrogen) atoms. The zero-order chi connectivity index (χ0) is 17.8. The van der Waals surface area contributed by atoms with E-state index in [-0.39, 0.29) is 18.2 Å². The number of ether oxygens (including phenoxy) is 1. The molecule has 0 unspecified atom stereocenters. The van der Waals surface area contributed by atoms with Gasteiger partial charge < -0.3 is 10.1 Å². The van der Waals surface area contributed by atoms with Gasteiger partial charge in [-0.05, 0) is 37.1 Å². The van der Waals surface area contributed by atoms with Gasteiger partial charge in [0.15, 0.2) is 0 Å². The second kappa shape index (κ2) is 7.49. The molecule has 1 fully saturated rings. The molecule has 5 heteroatoms. The van der Waals surface area contributed by atoms with Crippen LogP contribution in [-0.2, 0) is 16.0 Å². The lowest BCUT2D eigenvalue weighted by atomic mass is 10.1. The molecule has 5 nitrogen and oxygen atoms in total. The lowest BCUT2D eigenvalue weighted by molar-refractivity contribution is -0.121. The van der Waals surface area contributed by atoms with Crippen LogP contribution in [0.3, 0.4) is 0 Å². The maximum absolute atomic E-state index is 12.6. The normalized spacial score (nSPS) is 17.2. The van der Waals surface area contributed by atoms with E-state index in [1.165, 1.54) is 4.90 Å². The first kappa shape index (κ1) is 17.2. The highest BCUT2D eigenvalue weighted by atomic mass is 16.5. The number of imide groups is 1. The molecule has 1 N–H and O–H groups in total. The van der Waals surface area contributed by atoms with Crippen LogP contribution in [0.2, 0.25) is 0 Å². The summed E-state index contributed by atoms with van der Waals surface area (Å²) in [6, 6.07) is 14.7. The zero-order valence-corrected chi connectivity index (χ0v) is 14.5. The summed E-state index contributed by atoms with van der Waals surface area (Å²) in [5.74, 6) is 0.483. The van der Waals surface area contributed by atoms with Crippen molar-refractivity contribution in [2.75, 3.05) is 18.6 Å². The quantitative estimate of drug-likeness (QED) is 0.822. The Morgan fingerprint density at radius 2 is 1.84 bits per heavy atom. The Balaban J connectivity index is 1.62. The Morgan fingerprint density at radius 1 is 1.12 bits per heavy atom. The minimum Gasteiger partial charge on any atom is -0.496 e. The smallest absolute Gasteiger partial charge is 0.251 e. The van der Waals surface area contributed by atoms with Crippen LogP contribution in [0.4, 0.5) is 5.69 Å². The molecule has 2 amide bonds. The molecule has 1 saturated heterocycles. The summed E-state index contributed by atoms with van der Waals surface area (Å²) >= 11 is 0. The second-order valence-electron chi connectivity index (χ2n) is 6.18. The summed E-state index contributed by atoms with van der Waals surface area (Å²) in [6.07, 6.45) is 0.922. The molecule has 1 heterocycles. The topological polar surface area (TPSA) is 58.6 Å². The number of nitrogens with zero attached hydrogens (tertiary/aromatic N) is 1. The van der Waals surface area contributed by atoms with E-state index in [0.29, 0.717) is 12.2 Å². The van der Waals surface area contributed by atoms with Crippen LogP contribution in [0.15, 0.2) is 48.5 Å². The number of amides is 2. The molecule has 3 rings (SSSR count). The monoisotopic (exact) mass is 338 g/mol. The summed E-state index contributed by atoms with van der Waals surface area (Å²) < 4.78 is 5.33. The van der Waals surface area contributed by atoms with Crippen LogP contribution in [0.25, 0.3) is 0 Å². The number of rotatable bonds is 6. The molecule has 0 radical (unpaired) electrons. The number of hydrogen-bond acceptors (Lipinski definition) is 4. The summed E-state index contributed by atoms with van der Waals surface area (Å²) in [5, 5.41) is 3.21. The highest BCUT2D eigenvalue weighted by molar-refractivity contribution is 6.22. The molecule has 2 aromatic carbocycles. The van der Waals surface area contributed by atoms with E-state index < -0.39 is 6.04 Å². The predicted octanol–water partition coefficient (Wildman–Crippen LogP) is 2.47. The van der Waals surface area contributed by atoms with Gasteiger partial charge in [-0.1, -0.05) is 35.9 Å². The Bertz CT molecular complexity index is 771. The van der Waals surface area contributed by atoms with Gasteiger partial charge in [-0.25, -0.2) is 4.90 Å². The van der Waals surface area contributed by atoms with Crippen LogP contribution in [-0.4, -0.2) is 31.5 Å². The van der Waals surface area contributed by atoms with Crippen LogP contribution in [0.1, 0.15) is 17.5 Å². The SMILES string of the molecule is COc1ccccc1CCN[C@@H]1CC(=O)N(c2ccc(C)cc2)C1=O. The van der Waals surface area contributed by atoms with Crippen LogP contribution >= 0.6 is 0 Å². The van der Waals surface area contributed by atoms with Crippen molar-refractivity contribution in [3.63, 3.8) is 0 Å². The van der Waals surface area contributed by atoms with Gasteiger partial charge in [0.05, 0.1) is 25.3 Å². The predicted molar refractivity (Wildman–Crippen MR) is 96.8 cm³/mol. The van der Waals surface area contributed by atoms with Gasteiger partial charge in [0, 0.05) is 6.54 Å². The number of carbonyl (C=O) groups is 2. The van der Waals surface area contributed by atoms with Crippen LogP contribution in [0.5, 0.6) is 5.75 Å². The lowest BCUT2D eigenvalue weighted by Gasteiger charge is -2.16. The van der Waals surface area contributed by atoms with E-state index in [1.807, 2.05) is 55.5 Å². The Hall–Kier alpha value is -2.66. The Labute approximate surface area is 147 Å². The fourth-order valence-electron chi connectivity index (χ4n) is 3.05. The number of aryl methyl sites for hydroxylation is 1. The summed E-state index contributed by atoms with van der Waals surface area (Å²) in [4.78, 5) is 26.1. The summed E-state index contributed by atoms with van der Waals surface area (Å²) in [7, 11) is 1.64. The molecule has 0 saturated carbocycles. The Morgan fingerprint density at radius 3 is 2.56 bits per heavy atom. The average Bonchev–Trinajstić information content (AvgIpc) is 2.90. The molecule has 130 valence electrons. The average molecular weight is 338 g/mol. The van der Waals surface area contributed by atoms with Crippen molar-refractivity contribution in [1.29, 1.82) is 0 Å². The third kappa shape index (κ3) is 3.72. The van der Waals surface area contributed by atoms with Crippen molar-refractivity contribution >= 4 is 17.5 Å². The summed E-state index contributed by atoms with van der Waals surface area (Å²) in [5.41, 5.74) is 2.80. The molecule has 1 atom stereocenters. The van der Waals surface area contributed by atoms with E-state index in [2.05, 4.69) is 5.32 Å². The van der Waals surface area contributed by atoms with E-state index in [4.69, 9.17) is 4.74 Å². The van der Waals surface area contributed by atoms with E-state index in [0.717, 1.165) is 23.3 Å². The maximum Gasteiger partial charge on any atom is 0.251 e. The molecule has 1 aliphatic heterocycles. The van der Waals surface area contributed by atoms with Gasteiger partial charge in [-0.2, -0.15) is 0 Å². The molecule has 1 aliphatic rings. The minimum atomic E-state index is -0.469. The lowest BCUT2D eigenvalue weighted by Crippen LogP contribution is -2.39. The van der Waals surface area contributed by atoms with Gasteiger partial charge in [-0.3, -0.25) is 9.59 Å². The fourth-order valence-corrected chi connectivity index (χ4v) is 3.05. The van der Waals surface area contributed by atoms with Gasteiger partial charge in [0.25, 0.3) is 5.91 Å². The van der Waals surface area contributed by atoms with Crippen molar-refractivity contribution in [1.82, 2.24) is 5.32 Å². The van der Waals surface area contributed by atoms with Crippen molar-refractivity contribution in [2.45, 2.75) is 25.8 Å². The molecule has 0 aliphatic carbocycles. The van der Waals surface area contributed by atoms with Crippen LogP contribution < -0.4 is 15.0 Å². The van der Waals surface area contributed by atoms with Gasteiger partial charge in [0.2, 0.25) is 5.91 Å². The zero-order valence-electron chi connectivity index (χ0n) is 14.5. The highest BCUT2D eigenvalue weighted by Gasteiger charge is 2.39. The van der Waals surface area contributed by atoms with E-state index >= 15 is 0 Å². The van der Waals surface area contributed by atoms with Crippen molar-refractivity contribution in [2.24, 2.45) is 0 Å². The number of benzene rings is 2. The molecule has 0 bridgehead atoms. The minimum absolute atomic E-state index is 0.163. The number of anilines is 1. The van der Waals surface area contributed by atoms with Gasteiger partial charge >= 0.3 is 0 Å². The first-order valence-electron chi connectivity index (χ1n) is 8.39. The second-order valence-corrected chi connectivity index (χ2v) is 6.18. The first-order valence-corrected chi connectivity index (χ1v) is 8.39. The highest BCUT2D eigenvalue weighted by Crippen LogP contribution is 2.23. The van der Waals surface area contributed by atoms with Crippen LogP contribution in [0, 0.1) is 6.92 Å². The fraction of sp³-hybridized carbons (Fsp3) is 0.300. The van der Waals surface area contributed by atoms with Gasteiger partial charge in [-0.15, -0.1) is 0 Å². The number of methoxy groups -OCH3 is 1. The largest absolute Gasteiger partial charge is 0.496 e. The van der Waals surface area contributed by atoms with Gasteiger partial charge in [0.1, 0.15) is 5.75 Å². The number of nitrogens with one attached hydrogen (secondary N) is 1. The number of para-hydroxylation sites is 1. The third-order valence-corrected chi connectivity index (χ3v) is 4.42. The molecule has 0 aromatic heterocycles. The van der Waals surface area contributed by atoms with Crippen molar-refractivity contribution in [3.05, 3.63) is 59.7 Å². The van der Waals surface area contributed by atoms with E-state index in [9.17, 15) is 9.59 Å².